The first kappa shape index (κ1) is 73.2. The number of phosphoric acid groups is 1. The van der Waals surface area contributed by atoms with Crippen molar-refractivity contribution in [3.63, 3.8) is 0 Å². The average molecular weight is 1080 g/mol. The van der Waals surface area contributed by atoms with E-state index >= 15 is 0 Å². The van der Waals surface area contributed by atoms with Gasteiger partial charge in [0.25, 0.3) is 0 Å². The molecule has 0 heterocycles. The first-order chi connectivity index (χ1) is 36.9. The first-order valence-corrected chi connectivity index (χ1v) is 32.9. The number of nitrogens with one attached hydrogen (secondary N) is 1. The molecule has 0 aliphatic rings. The van der Waals surface area contributed by atoms with Gasteiger partial charge in [0, 0.05) is 12.8 Å². The van der Waals surface area contributed by atoms with E-state index in [0.717, 1.165) is 109 Å². The Morgan fingerprint density at radius 2 is 0.842 bits per heavy atom. The lowest BCUT2D eigenvalue weighted by Gasteiger charge is -2.27. The topological polar surface area (TPSA) is 111 Å². The standard InChI is InChI=1S/C66H119N2O7P/c1-7-10-13-16-19-22-25-28-30-31-32-33-34-35-36-37-38-40-43-46-49-52-55-58-65(69)67-63(62-74-76(71,72)73-61-60-68(4,5)6)64(57-54-51-48-45-42-39-27-24-21-18-15-12-9-3)75-66(70)59-56-53-50-47-44-41-29-26-23-20-17-14-11-8-2/h10,13,19,22,28,30,32-33,35-36,41,44,54,57,63-64H,7-9,11-12,14-18,20-21,23-27,29,31,34,37-40,42-43,45-53,55-56,58-62H2,1-6H3,(H-,67,69,71,72)/p+1/b13-10-,22-19-,30-28-,33-32-,36-35-,44-41-,57-54-. The maximum Gasteiger partial charge on any atom is 0.472 e. The van der Waals surface area contributed by atoms with Crippen molar-refractivity contribution in [2.45, 2.75) is 283 Å². The lowest BCUT2D eigenvalue weighted by molar-refractivity contribution is -0.870. The number of rotatable bonds is 56. The van der Waals surface area contributed by atoms with Gasteiger partial charge in [-0.1, -0.05) is 241 Å². The molecule has 0 bridgehead atoms. The number of carbonyl (C=O) groups is 2. The number of likely N-dealkylation sites (N-methyl/N-ethyl adjacent to an activating group) is 1. The summed E-state index contributed by atoms with van der Waals surface area (Å²) in [5.41, 5.74) is 0. The molecule has 0 radical (unpaired) electrons. The van der Waals surface area contributed by atoms with Crippen molar-refractivity contribution in [1.82, 2.24) is 5.32 Å². The fourth-order valence-electron chi connectivity index (χ4n) is 8.73. The Kier molecular flexibility index (Phi) is 53.5. The summed E-state index contributed by atoms with van der Waals surface area (Å²) in [7, 11) is 1.47. The second-order valence-corrected chi connectivity index (χ2v) is 23.6. The molecule has 0 fully saturated rings. The van der Waals surface area contributed by atoms with Crippen LogP contribution in [0.3, 0.4) is 0 Å². The Hall–Kier alpha value is -2.81. The Labute approximate surface area is 469 Å². The van der Waals surface area contributed by atoms with Gasteiger partial charge in [0.2, 0.25) is 5.91 Å². The molecule has 0 aromatic carbocycles. The third-order valence-electron chi connectivity index (χ3n) is 13.6. The van der Waals surface area contributed by atoms with Gasteiger partial charge in [0.15, 0.2) is 0 Å². The van der Waals surface area contributed by atoms with Crippen molar-refractivity contribution >= 4 is 19.7 Å². The smallest absolute Gasteiger partial charge is 0.456 e. The van der Waals surface area contributed by atoms with E-state index in [9.17, 15) is 19.0 Å². The van der Waals surface area contributed by atoms with Gasteiger partial charge < -0.3 is 19.4 Å². The van der Waals surface area contributed by atoms with Crippen molar-refractivity contribution in [2.24, 2.45) is 0 Å². The average Bonchev–Trinajstić information content (AvgIpc) is 3.38. The van der Waals surface area contributed by atoms with E-state index in [2.05, 4.69) is 99.0 Å². The molecule has 3 unspecified atom stereocenters. The molecule has 0 saturated heterocycles. The molecule has 2 N–H and O–H groups in total. The highest BCUT2D eigenvalue weighted by Crippen LogP contribution is 2.43. The third kappa shape index (κ3) is 55.9. The minimum Gasteiger partial charge on any atom is -0.456 e. The molecule has 0 saturated carbocycles. The van der Waals surface area contributed by atoms with Gasteiger partial charge in [0.1, 0.15) is 19.3 Å². The summed E-state index contributed by atoms with van der Waals surface area (Å²) in [6.45, 7) is 6.88. The number of esters is 1. The predicted octanol–water partition coefficient (Wildman–Crippen LogP) is 19.4. The summed E-state index contributed by atoms with van der Waals surface area (Å²) in [6, 6.07) is -0.864. The number of phosphoric ester groups is 1. The minimum atomic E-state index is -4.46. The zero-order valence-corrected chi connectivity index (χ0v) is 51.1. The number of hydrogen-bond acceptors (Lipinski definition) is 6. The van der Waals surface area contributed by atoms with Gasteiger partial charge in [-0.05, 0) is 102 Å². The van der Waals surface area contributed by atoms with Gasteiger partial charge in [-0.25, -0.2) is 4.57 Å². The summed E-state index contributed by atoms with van der Waals surface area (Å²) in [6.07, 6.45) is 72.9. The van der Waals surface area contributed by atoms with Crippen LogP contribution >= 0.6 is 7.82 Å². The molecular weight excluding hydrogens is 964 g/mol. The molecule has 76 heavy (non-hydrogen) atoms. The monoisotopic (exact) mass is 1080 g/mol. The minimum absolute atomic E-state index is 0.0326. The molecule has 440 valence electrons. The van der Waals surface area contributed by atoms with E-state index in [1.807, 2.05) is 33.3 Å². The van der Waals surface area contributed by atoms with Crippen LogP contribution in [0, 0.1) is 0 Å². The van der Waals surface area contributed by atoms with Crippen LogP contribution in [0.1, 0.15) is 271 Å². The van der Waals surface area contributed by atoms with Crippen molar-refractivity contribution in [1.29, 1.82) is 0 Å². The van der Waals surface area contributed by atoms with Crippen LogP contribution in [0.15, 0.2) is 85.1 Å². The zero-order chi connectivity index (χ0) is 55.7. The summed E-state index contributed by atoms with van der Waals surface area (Å²) in [4.78, 5) is 37.7. The zero-order valence-electron chi connectivity index (χ0n) is 50.2. The number of carbonyl (C=O) groups excluding carboxylic acids is 2. The molecule has 9 nitrogen and oxygen atoms in total. The molecule has 0 aliphatic heterocycles. The van der Waals surface area contributed by atoms with Gasteiger partial charge in [-0.2, -0.15) is 0 Å². The van der Waals surface area contributed by atoms with Crippen LogP contribution in [-0.2, 0) is 27.9 Å². The van der Waals surface area contributed by atoms with E-state index in [-0.39, 0.29) is 31.5 Å². The molecule has 0 aromatic heterocycles. The van der Waals surface area contributed by atoms with Gasteiger partial charge in [0.05, 0.1) is 33.8 Å². The number of quaternary nitrogens is 1. The fourth-order valence-corrected chi connectivity index (χ4v) is 9.46. The maximum atomic E-state index is 13.6. The summed E-state index contributed by atoms with van der Waals surface area (Å²) >= 11 is 0. The molecule has 0 rings (SSSR count). The van der Waals surface area contributed by atoms with E-state index in [1.54, 1.807) is 0 Å². The fraction of sp³-hybridized carbons (Fsp3) is 0.758. The number of ether oxygens (including phenoxy) is 1. The van der Waals surface area contributed by atoms with E-state index in [4.69, 9.17) is 13.8 Å². The van der Waals surface area contributed by atoms with E-state index < -0.39 is 20.0 Å². The van der Waals surface area contributed by atoms with Crippen LogP contribution in [0.4, 0.5) is 0 Å². The Balaban J connectivity index is 5.27. The number of allylic oxidation sites excluding steroid dienone is 13. The van der Waals surface area contributed by atoms with Gasteiger partial charge in [-0.15, -0.1) is 0 Å². The molecular formula is C66H120N2O7P+. The van der Waals surface area contributed by atoms with E-state index in [0.29, 0.717) is 23.9 Å². The van der Waals surface area contributed by atoms with Crippen LogP contribution in [0.2, 0.25) is 0 Å². The quantitative estimate of drug-likeness (QED) is 0.0205. The second-order valence-electron chi connectivity index (χ2n) is 22.2. The van der Waals surface area contributed by atoms with E-state index in [1.165, 1.54) is 122 Å². The second kappa shape index (κ2) is 55.5. The summed E-state index contributed by atoms with van der Waals surface area (Å²) in [5, 5.41) is 3.05. The number of hydrogen-bond donors (Lipinski definition) is 2. The van der Waals surface area contributed by atoms with Crippen molar-refractivity contribution in [2.75, 3.05) is 40.9 Å². The molecule has 10 heteroatoms. The van der Waals surface area contributed by atoms with Crippen molar-refractivity contribution in [3.8, 4) is 0 Å². The summed E-state index contributed by atoms with van der Waals surface area (Å²) in [5.74, 6) is -0.536. The Morgan fingerprint density at radius 1 is 0.474 bits per heavy atom. The largest absolute Gasteiger partial charge is 0.472 e. The SMILES string of the molecule is CC/C=C\C/C=C\C/C=C\C/C=C\C/C=C\CCCCCCCCCC(=O)NC(COP(=O)(O)OCC[N+](C)(C)C)C(/C=C\CCCCCCCCCCCCC)OC(=O)CCCCC/C=C\CCCCCCCCC. The first-order valence-electron chi connectivity index (χ1n) is 31.4. The molecule has 0 spiro atoms. The van der Waals surface area contributed by atoms with Gasteiger partial charge >= 0.3 is 13.8 Å². The number of amides is 1. The highest BCUT2D eigenvalue weighted by Gasteiger charge is 2.30. The van der Waals surface area contributed by atoms with Gasteiger partial charge in [-0.3, -0.25) is 18.6 Å². The highest BCUT2D eigenvalue weighted by atomic mass is 31.2. The lowest BCUT2D eigenvalue weighted by atomic mass is 10.0. The number of unbranched alkanes of at least 4 members (excludes halogenated alkanes) is 28. The predicted molar refractivity (Wildman–Crippen MR) is 328 cm³/mol. The lowest BCUT2D eigenvalue weighted by Crippen LogP contribution is -2.47. The Morgan fingerprint density at radius 3 is 1.29 bits per heavy atom. The molecule has 1 amide bonds. The van der Waals surface area contributed by atoms with Crippen molar-refractivity contribution < 1.29 is 37.3 Å². The third-order valence-corrected chi connectivity index (χ3v) is 14.6. The normalized spacial score (nSPS) is 14.2. The number of nitrogens with zero attached hydrogens (tertiary/aromatic N) is 1. The van der Waals surface area contributed by atoms with Crippen LogP contribution in [-0.4, -0.2) is 74.3 Å². The molecule has 3 atom stereocenters. The van der Waals surface area contributed by atoms with Crippen LogP contribution in [0.25, 0.3) is 0 Å². The van der Waals surface area contributed by atoms with Crippen molar-refractivity contribution in [3.05, 3.63) is 85.1 Å². The highest BCUT2D eigenvalue weighted by molar-refractivity contribution is 7.47. The van der Waals surface area contributed by atoms with Crippen LogP contribution in [0.5, 0.6) is 0 Å². The molecule has 0 aromatic rings. The molecule has 0 aliphatic carbocycles. The maximum absolute atomic E-state index is 13.6. The van der Waals surface area contributed by atoms with Crippen LogP contribution < -0.4 is 5.32 Å². The summed E-state index contributed by atoms with van der Waals surface area (Å²) < 4.78 is 30.7. The Bertz CT molecular complexity index is 1580.